The monoisotopic (exact) mass is 254 g/mol. The van der Waals surface area contributed by atoms with Crippen LogP contribution < -0.4 is 0 Å². The van der Waals surface area contributed by atoms with Gasteiger partial charge >= 0.3 is 5.97 Å². The summed E-state index contributed by atoms with van der Waals surface area (Å²) in [6.07, 6.45) is 2.07. The number of hydrogen-bond donors (Lipinski definition) is 1. The van der Waals surface area contributed by atoms with Crippen molar-refractivity contribution in [2.24, 2.45) is 0 Å². The molecule has 0 spiro atoms. The van der Waals surface area contributed by atoms with Crippen LogP contribution in [0.1, 0.15) is 18.9 Å². The van der Waals surface area contributed by atoms with Gasteiger partial charge in [-0.05, 0) is 24.1 Å². The first-order chi connectivity index (χ1) is 8.15. The molecule has 0 unspecified atom stereocenters. The standard InChI is InChI=1S/C13H15ClO3/c1-2-10(13(15)16)7-8-17-9-11-5-3-4-6-12(11)14/h3-7H,2,8-9H2,1H3,(H,15,16). The molecule has 0 atom stereocenters. The fourth-order valence-electron chi connectivity index (χ4n) is 1.33. The molecule has 0 aliphatic rings. The summed E-state index contributed by atoms with van der Waals surface area (Å²) in [6.45, 7) is 2.46. The van der Waals surface area contributed by atoms with E-state index in [0.717, 1.165) is 5.56 Å². The topological polar surface area (TPSA) is 46.5 Å². The number of rotatable bonds is 6. The van der Waals surface area contributed by atoms with Crippen molar-refractivity contribution in [3.05, 3.63) is 46.5 Å². The predicted octanol–water partition coefficient (Wildman–Crippen LogP) is 3.28. The average molecular weight is 255 g/mol. The van der Waals surface area contributed by atoms with Crippen molar-refractivity contribution in [2.45, 2.75) is 20.0 Å². The van der Waals surface area contributed by atoms with Gasteiger partial charge in [0.05, 0.1) is 13.2 Å². The second-order valence-electron chi connectivity index (χ2n) is 3.49. The van der Waals surface area contributed by atoms with Gasteiger partial charge in [0.15, 0.2) is 0 Å². The summed E-state index contributed by atoms with van der Waals surface area (Å²) in [7, 11) is 0. The maximum Gasteiger partial charge on any atom is 0.331 e. The van der Waals surface area contributed by atoms with Crippen LogP contribution in [-0.4, -0.2) is 17.7 Å². The zero-order valence-corrected chi connectivity index (χ0v) is 10.4. The largest absolute Gasteiger partial charge is 0.478 e. The molecular weight excluding hydrogens is 240 g/mol. The van der Waals surface area contributed by atoms with Crippen molar-refractivity contribution in [1.82, 2.24) is 0 Å². The lowest BCUT2D eigenvalue weighted by atomic mass is 10.2. The zero-order valence-electron chi connectivity index (χ0n) is 9.65. The zero-order chi connectivity index (χ0) is 12.7. The number of aliphatic carboxylic acids is 1. The minimum atomic E-state index is -0.895. The van der Waals surface area contributed by atoms with Gasteiger partial charge < -0.3 is 9.84 Å². The van der Waals surface area contributed by atoms with Crippen molar-refractivity contribution >= 4 is 17.6 Å². The van der Waals surface area contributed by atoms with E-state index < -0.39 is 5.97 Å². The Hall–Kier alpha value is -1.32. The molecular formula is C13H15ClO3. The quantitative estimate of drug-likeness (QED) is 0.626. The van der Waals surface area contributed by atoms with Crippen LogP contribution >= 0.6 is 11.6 Å². The Morgan fingerprint density at radius 3 is 2.76 bits per heavy atom. The van der Waals surface area contributed by atoms with Gasteiger partial charge in [0.1, 0.15) is 0 Å². The third-order valence-electron chi connectivity index (χ3n) is 2.32. The van der Waals surface area contributed by atoms with Crippen molar-refractivity contribution in [2.75, 3.05) is 6.61 Å². The minimum absolute atomic E-state index is 0.278. The molecule has 3 nitrogen and oxygen atoms in total. The first kappa shape index (κ1) is 13.7. The van der Waals surface area contributed by atoms with Crippen LogP contribution in [0.25, 0.3) is 0 Å². The van der Waals surface area contributed by atoms with Crippen molar-refractivity contribution in [1.29, 1.82) is 0 Å². The summed E-state index contributed by atoms with van der Waals surface area (Å²) in [5, 5.41) is 9.45. The van der Waals surface area contributed by atoms with Crippen LogP contribution in [0, 0.1) is 0 Å². The predicted molar refractivity (Wildman–Crippen MR) is 67.1 cm³/mol. The maximum atomic E-state index is 10.7. The first-order valence-electron chi connectivity index (χ1n) is 5.38. The lowest BCUT2D eigenvalue weighted by Crippen LogP contribution is -2.02. The summed E-state index contributed by atoms with van der Waals surface area (Å²) < 4.78 is 5.36. The van der Waals surface area contributed by atoms with Gasteiger partial charge in [-0.15, -0.1) is 0 Å². The molecule has 17 heavy (non-hydrogen) atoms. The van der Waals surface area contributed by atoms with Gasteiger partial charge in [-0.1, -0.05) is 36.7 Å². The summed E-state index contributed by atoms with van der Waals surface area (Å²) in [5.41, 5.74) is 1.26. The molecule has 92 valence electrons. The highest BCUT2D eigenvalue weighted by molar-refractivity contribution is 6.31. The summed E-state index contributed by atoms with van der Waals surface area (Å²) in [6, 6.07) is 7.41. The van der Waals surface area contributed by atoms with Crippen molar-refractivity contribution in [3.8, 4) is 0 Å². The molecule has 1 rings (SSSR count). The van der Waals surface area contributed by atoms with Gasteiger partial charge in [-0.3, -0.25) is 0 Å². The van der Waals surface area contributed by atoms with E-state index in [2.05, 4.69) is 0 Å². The maximum absolute atomic E-state index is 10.7. The highest BCUT2D eigenvalue weighted by Crippen LogP contribution is 2.15. The Bertz CT molecular complexity index is 413. The normalized spacial score (nSPS) is 11.5. The molecule has 0 radical (unpaired) electrons. The molecule has 4 heteroatoms. The van der Waals surface area contributed by atoms with Gasteiger partial charge in [-0.2, -0.15) is 0 Å². The number of carbonyl (C=O) groups is 1. The van der Waals surface area contributed by atoms with Crippen LogP contribution in [0.5, 0.6) is 0 Å². The number of hydrogen-bond acceptors (Lipinski definition) is 2. The highest BCUT2D eigenvalue weighted by atomic mass is 35.5. The van der Waals surface area contributed by atoms with Crippen LogP contribution in [-0.2, 0) is 16.1 Å². The van der Waals surface area contributed by atoms with Gasteiger partial charge in [-0.25, -0.2) is 4.79 Å². The minimum Gasteiger partial charge on any atom is -0.478 e. The number of benzene rings is 1. The Morgan fingerprint density at radius 1 is 1.47 bits per heavy atom. The lowest BCUT2D eigenvalue weighted by molar-refractivity contribution is -0.132. The summed E-state index contributed by atoms with van der Waals surface area (Å²) >= 11 is 5.95. The van der Waals surface area contributed by atoms with Crippen LogP contribution in [0.15, 0.2) is 35.9 Å². The smallest absolute Gasteiger partial charge is 0.331 e. The number of ether oxygens (including phenoxy) is 1. The number of carboxylic acids is 1. The molecule has 1 N–H and O–H groups in total. The van der Waals surface area contributed by atoms with E-state index >= 15 is 0 Å². The Labute approximate surface area is 106 Å². The molecule has 1 aromatic carbocycles. The van der Waals surface area contributed by atoms with E-state index in [1.54, 1.807) is 19.1 Å². The summed E-state index contributed by atoms with van der Waals surface area (Å²) in [5.74, 6) is -0.895. The van der Waals surface area contributed by atoms with E-state index in [1.165, 1.54) is 0 Å². The highest BCUT2D eigenvalue weighted by Gasteiger charge is 2.03. The number of halogens is 1. The molecule has 0 saturated heterocycles. The molecule has 0 aromatic heterocycles. The van der Waals surface area contributed by atoms with Gasteiger partial charge in [0.2, 0.25) is 0 Å². The SMILES string of the molecule is CCC(=CCOCc1ccccc1Cl)C(=O)O. The van der Waals surface area contributed by atoms with E-state index in [4.69, 9.17) is 21.4 Å². The van der Waals surface area contributed by atoms with Crippen molar-refractivity contribution < 1.29 is 14.6 Å². The first-order valence-corrected chi connectivity index (χ1v) is 5.76. The third kappa shape index (κ3) is 4.59. The summed E-state index contributed by atoms with van der Waals surface area (Å²) in [4.78, 5) is 10.7. The molecule has 0 bridgehead atoms. The average Bonchev–Trinajstić information content (AvgIpc) is 2.31. The second-order valence-corrected chi connectivity index (χ2v) is 3.90. The Kier molecular flexibility index (Phi) is 5.73. The molecule has 0 amide bonds. The van der Waals surface area contributed by atoms with Gasteiger partial charge in [0, 0.05) is 10.6 Å². The molecule has 0 aliphatic heterocycles. The third-order valence-corrected chi connectivity index (χ3v) is 2.69. The fraction of sp³-hybridized carbons (Fsp3) is 0.308. The second kappa shape index (κ2) is 7.09. The van der Waals surface area contributed by atoms with Gasteiger partial charge in [0.25, 0.3) is 0 Å². The van der Waals surface area contributed by atoms with E-state index in [9.17, 15) is 4.79 Å². The molecule has 0 fully saturated rings. The van der Waals surface area contributed by atoms with Crippen LogP contribution in [0.4, 0.5) is 0 Å². The fourth-order valence-corrected chi connectivity index (χ4v) is 1.52. The Morgan fingerprint density at radius 2 is 2.18 bits per heavy atom. The van der Waals surface area contributed by atoms with E-state index in [1.807, 2.05) is 18.2 Å². The van der Waals surface area contributed by atoms with Crippen molar-refractivity contribution in [3.63, 3.8) is 0 Å². The Balaban J connectivity index is 2.43. The van der Waals surface area contributed by atoms with E-state index in [-0.39, 0.29) is 6.61 Å². The molecule has 0 heterocycles. The number of carboxylic acid groups (broad SMARTS) is 1. The van der Waals surface area contributed by atoms with E-state index in [0.29, 0.717) is 23.6 Å². The molecule has 1 aromatic rings. The van der Waals surface area contributed by atoms with Crippen LogP contribution in [0.3, 0.4) is 0 Å². The molecule has 0 saturated carbocycles. The molecule has 0 aliphatic carbocycles. The van der Waals surface area contributed by atoms with Crippen LogP contribution in [0.2, 0.25) is 5.02 Å². The lowest BCUT2D eigenvalue weighted by Gasteiger charge is -2.04.